The molecular formula is C32H20N2O2. The molecule has 0 amide bonds. The molecule has 36 heavy (non-hydrogen) atoms. The van der Waals surface area contributed by atoms with Crippen molar-refractivity contribution in [3.05, 3.63) is 142 Å². The number of aromatic nitrogens is 2. The SMILES string of the molecule is O=c1c2ccccc2n(-c2cccc(-n3c4ccccc4c(=O)c4ccccc43)c2)c2ccccc12. The number of hydrogen-bond donors (Lipinski definition) is 0. The summed E-state index contributed by atoms with van der Waals surface area (Å²) in [4.78, 5) is 26.5. The van der Waals surface area contributed by atoms with Gasteiger partial charge in [-0.15, -0.1) is 0 Å². The molecule has 0 aliphatic heterocycles. The van der Waals surface area contributed by atoms with E-state index in [4.69, 9.17) is 0 Å². The second-order valence-electron chi connectivity index (χ2n) is 8.92. The molecule has 0 unspecified atom stereocenters. The van der Waals surface area contributed by atoms with E-state index in [1.54, 1.807) is 0 Å². The van der Waals surface area contributed by atoms with Crippen LogP contribution in [0.3, 0.4) is 0 Å². The smallest absolute Gasteiger partial charge is 0.197 e. The Morgan fingerprint density at radius 3 is 1.00 bits per heavy atom. The molecule has 170 valence electrons. The molecule has 0 saturated carbocycles. The van der Waals surface area contributed by atoms with Gasteiger partial charge >= 0.3 is 0 Å². The minimum atomic E-state index is 0.0333. The Balaban J connectivity index is 1.61. The summed E-state index contributed by atoms with van der Waals surface area (Å²) in [5, 5.41) is 2.73. The van der Waals surface area contributed by atoms with Gasteiger partial charge in [0.2, 0.25) is 0 Å². The molecule has 0 atom stereocenters. The van der Waals surface area contributed by atoms with Crippen LogP contribution in [-0.4, -0.2) is 9.13 Å². The van der Waals surface area contributed by atoms with Gasteiger partial charge in [0.05, 0.1) is 22.1 Å². The number of para-hydroxylation sites is 4. The summed E-state index contributed by atoms with van der Waals surface area (Å²) in [6, 6.07) is 39.2. The Kier molecular flexibility index (Phi) is 4.42. The van der Waals surface area contributed by atoms with Crippen molar-refractivity contribution in [2.75, 3.05) is 0 Å². The Labute approximate surface area is 205 Å². The first-order valence-corrected chi connectivity index (χ1v) is 11.9. The molecule has 7 rings (SSSR count). The van der Waals surface area contributed by atoms with E-state index in [0.29, 0.717) is 21.5 Å². The van der Waals surface area contributed by atoms with E-state index in [9.17, 15) is 9.59 Å². The summed E-state index contributed by atoms with van der Waals surface area (Å²) in [7, 11) is 0. The molecule has 7 aromatic rings. The van der Waals surface area contributed by atoms with Crippen molar-refractivity contribution < 1.29 is 0 Å². The molecular weight excluding hydrogens is 444 g/mol. The van der Waals surface area contributed by atoms with Gasteiger partial charge in [-0.25, -0.2) is 0 Å². The lowest BCUT2D eigenvalue weighted by Gasteiger charge is -2.19. The summed E-state index contributed by atoms with van der Waals surface area (Å²) >= 11 is 0. The lowest BCUT2D eigenvalue weighted by Crippen LogP contribution is -2.12. The Bertz CT molecular complexity index is 1830. The van der Waals surface area contributed by atoms with Crippen molar-refractivity contribution >= 4 is 43.6 Å². The topological polar surface area (TPSA) is 44.0 Å². The molecule has 0 aliphatic carbocycles. The van der Waals surface area contributed by atoms with E-state index in [2.05, 4.69) is 27.3 Å². The van der Waals surface area contributed by atoms with Gasteiger partial charge in [-0.2, -0.15) is 0 Å². The number of fused-ring (bicyclic) bond motifs is 4. The van der Waals surface area contributed by atoms with Crippen LogP contribution in [0.2, 0.25) is 0 Å². The zero-order valence-electron chi connectivity index (χ0n) is 19.3. The largest absolute Gasteiger partial charge is 0.309 e. The van der Waals surface area contributed by atoms with Gasteiger partial charge in [0.25, 0.3) is 0 Å². The van der Waals surface area contributed by atoms with Crippen molar-refractivity contribution in [3.8, 4) is 11.4 Å². The van der Waals surface area contributed by atoms with Crippen LogP contribution >= 0.6 is 0 Å². The fraction of sp³-hybridized carbons (Fsp3) is 0. The van der Waals surface area contributed by atoms with Crippen molar-refractivity contribution in [1.82, 2.24) is 9.13 Å². The number of nitrogens with zero attached hydrogens (tertiary/aromatic N) is 2. The van der Waals surface area contributed by atoms with Gasteiger partial charge in [0.15, 0.2) is 10.9 Å². The fourth-order valence-electron chi connectivity index (χ4n) is 5.32. The highest BCUT2D eigenvalue weighted by molar-refractivity contribution is 5.97. The maximum Gasteiger partial charge on any atom is 0.197 e. The predicted molar refractivity (Wildman–Crippen MR) is 148 cm³/mol. The maximum absolute atomic E-state index is 13.2. The van der Waals surface area contributed by atoms with Gasteiger partial charge in [-0.3, -0.25) is 9.59 Å². The van der Waals surface area contributed by atoms with E-state index in [0.717, 1.165) is 33.4 Å². The highest BCUT2D eigenvalue weighted by atomic mass is 16.1. The molecule has 4 nitrogen and oxygen atoms in total. The normalized spacial score (nSPS) is 11.6. The van der Waals surface area contributed by atoms with E-state index in [1.165, 1.54) is 0 Å². The van der Waals surface area contributed by atoms with Crippen LogP contribution in [-0.2, 0) is 0 Å². The Morgan fingerprint density at radius 2 is 0.667 bits per heavy atom. The summed E-state index contributed by atoms with van der Waals surface area (Å²) < 4.78 is 4.28. The molecule has 4 heteroatoms. The molecule has 2 aromatic heterocycles. The van der Waals surface area contributed by atoms with Crippen LogP contribution < -0.4 is 10.9 Å². The average molecular weight is 465 g/mol. The van der Waals surface area contributed by atoms with Crippen molar-refractivity contribution in [2.45, 2.75) is 0 Å². The third-order valence-electron chi connectivity index (χ3n) is 6.90. The van der Waals surface area contributed by atoms with E-state index in [1.807, 2.05) is 103 Å². The first-order chi connectivity index (χ1) is 17.7. The molecule has 0 radical (unpaired) electrons. The highest BCUT2D eigenvalue weighted by Crippen LogP contribution is 2.28. The van der Waals surface area contributed by atoms with Crippen molar-refractivity contribution in [1.29, 1.82) is 0 Å². The molecule has 0 bridgehead atoms. The fourth-order valence-corrected chi connectivity index (χ4v) is 5.32. The van der Waals surface area contributed by atoms with Crippen LogP contribution in [0.1, 0.15) is 0 Å². The van der Waals surface area contributed by atoms with Crippen LogP contribution in [0.25, 0.3) is 55.0 Å². The van der Waals surface area contributed by atoms with Crippen LogP contribution in [0.5, 0.6) is 0 Å². The minimum absolute atomic E-state index is 0.0333. The number of pyridine rings is 2. The van der Waals surface area contributed by atoms with E-state index in [-0.39, 0.29) is 10.9 Å². The standard InChI is InChI=1S/C32H20N2O2/c35-31-23-12-1-5-16-27(23)33(28-17-6-2-13-24(28)31)21-10-9-11-22(20-21)34-29-18-7-3-14-25(29)32(36)26-15-4-8-19-30(26)34/h1-20H. The predicted octanol–water partition coefficient (Wildman–Crippen LogP) is 6.60. The summed E-state index contributed by atoms with van der Waals surface area (Å²) in [6.45, 7) is 0. The second kappa shape index (κ2) is 7.79. The monoisotopic (exact) mass is 464 g/mol. The molecule has 0 saturated heterocycles. The van der Waals surface area contributed by atoms with Gasteiger partial charge in [-0.1, -0.05) is 54.6 Å². The van der Waals surface area contributed by atoms with Crippen molar-refractivity contribution in [2.24, 2.45) is 0 Å². The number of benzene rings is 5. The third-order valence-corrected chi connectivity index (χ3v) is 6.90. The van der Waals surface area contributed by atoms with Gasteiger partial charge in [0, 0.05) is 32.9 Å². The molecule has 2 heterocycles. The lowest BCUT2D eigenvalue weighted by molar-refractivity contribution is 1.12. The van der Waals surface area contributed by atoms with E-state index >= 15 is 0 Å². The average Bonchev–Trinajstić information content (AvgIpc) is 2.94. The lowest BCUT2D eigenvalue weighted by atomic mass is 10.1. The zero-order valence-corrected chi connectivity index (χ0v) is 19.3. The molecule has 0 N–H and O–H groups in total. The highest BCUT2D eigenvalue weighted by Gasteiger charge is 2.15. The van der Waals surface area contributed by atoms with Crippen LogP contribution in [0.15, 0.2) is 131 Å². The number of hydrogen-bond acceptors (Lipinski definition) is 2. The summed E-state index contributed by atoms with van der Waals surface area (Å²) in [5.41, 5.74) is 5.36. The molecule has 0 aliphatic rings. The first-order valence-electron chi connectivity index (χ1n) is 11.9. The summed E-state index contributed by atoms with van der Waals surface area (Å²) in [6.07, 6.45) is 0. The van der Waals surface area contributed by atoms with Crippen LogP contribution in [0.4, 0.5) is 0 Å². The van der Waals surface area contributed by atoms with Gasteiger partial charge in [-0.05, 0) is 66.7 Å². The van der Waals surface area contributed by atoms with Gasteiger partial charge in [0.1, 0.15) is 0 Å². The molecule has 0 fully saturated rings. The Hall–Kier alpha value is -4.96. The molecule has 5 aromatic carbocycles. The maximum atomic E-state index is 13.2. The quantitative estimate of drug-likeness (QED) is 0.271. The van der Waals surface area contributed by atoms with Crippen LogP contribution in [0, 0.1) is 0 Å². The molecule has 0 spiro atoms. The Morgan fingerprint density at radius 1 is 0.361 bits per heavy atom. The number of rotatable bonds is 2. The zero-order chi connectivity index (χ0) is 24.2. The van der Waals surface area contributed by atoms with Crippen molar-refractivity contribution in [3.63, 3.8) is 0 Å². The third kappa shape index (κ3) is 2.88. The first kappa shape index (κ1) is 20.4. The summed E-state index contributed by atoms with van der Waals surface area (Å²) in [5.74, 6) is 0. The van der Waals surface area contributed by atoms with Gasteiger partial charge < -0.3 is 9.13 Å². The van der Waals surface area contributed by atoms with E-state index < -0.39 is 0 Å². The second-order valence-corrected chi connectivity index (χ2v) is 8.92. The minimum Gasteiger partial charge on any atom is -0.309 e.